The number of benzene rings is 3. The Morgan fingerprint density at radius 3 is 1.00 bits per heavy atom. The van der Waals surface area contributed by atoms with E-state index in [0.29, 0.717) is 0 Å². The van der Waals surface area contributed by atoms with Crippen LogP contribution in [-0.2, 0) is 38.1 Å². The first-order valence-corrected chi connectivity index (χ1v) is 18.5. The average molecular weight is 939 g/mol. The number of hydrogen-bond acceptors (Lipinski definition) is 11. The summed E-state index contributed by atoms with van der Waals surface area (Å²) in [6.07, 6.45) is 0. The fourth-order valence-corrected chi connectivity index (χ4v) is 6.41. The van der Waals surface area contributed by atoms with Gasteiger partial charge < -0.3 is 60.7 Å². The molecule has 0 saturated heterocycles. The van der Waals surface area contributed by atoms with Gasteiger partial charge in [0.15, 0.2) is 34.9 Å². The minimum absolute atomic E-state index is 0. The number of hydrogen-bond donors (Lipinski definition) is 7. The predicted octanol–water partition coefficient (Wildman–Crippen LogP) is 4.72. The number of urea groups is 3. The molecule has 3 aromatic carbocycles. The first-order chi connectivity index (χ1) is 30.9. The zero-order valence-corrected chi connectivity index (χ0v) is 34.8. The molecule has 0 aliphatic carbocycles. The van der Waals surface area contributed by atoms with Crippen molar-refractivity contribution in [1.29, 1.82) is 0 Å². The second kappa shape index (κ2) is 24.0. The highest BCUT2D eigenvalue weighted by atomic mass is 19.2. The SMILES string of the molecule is C.COCC1=C(C(=O)O)[C@@H](c2ccc(F)c(F)c2)NC(=O)N1.COCC1=C(C(=O)OC)C(c2ccc(F)c(F)c2)NC(=O)N1.COCC1=C(C(=O)OC)[C@H](c2ccc(F)c(F)c2)NC(=O)N1. The maximum atomic E-state index is 13.4. The predicted molar refractivity (Wildman–Crippen MR) is 217 cm³/mol. The van der Waals surface area contributed by atoms with Crippen LogP contribution >= 0.6 is 0 Å². The lowest BCUT2D eigenvalue weighted by atomic mass is 9.95. The number of nitrogens with one attached hydrogen (secondary N) is 6. The molecule has 3 aliphatic rings. The molecule has 356 valence electrons. The zero-order valence-electron chi connectivity index (χ0n) is 34.8. The molecule has 0 fully saturated rings. The lowest BCUT2D eigenvalue weighted by Gasteiger charge is -2.28. The minimum atomic E-state index is -1.30. The molecule has 18 nitrogen and oxygen atoms in total. The van der Waals surface area contributed by atoms with Crippen LogP contribution < -0.4 is 31.9 Å². The van der Waals surface area contributed by atoms with Crippen molar-refractivity contribution in [3.63, 3.8) is 0 Å². The molecule has 0 spiro atoms. The van der Waals surface area contributed by atoms with E-state index in [2.05, 4.69) is 31.9 Å². The highest BCUT2D eigenvalue weighted by Gasteiger charge is 2.36. The molecule has 3 heterocycles. The number of rotatable bonds is 12. The van der Waals surface area contributed by atoms with Gasteiger partial charge in [0.05, 0.1) is 86.0 Å². The van der Waals surface area contributed by atoms with E-state index >= 15 is 0 Å². The number of aliphatic carboxylic acids is 1. The smallest absolute Gasteiger partial charge is 0.338 e. The fraction of sp³-hybridized carbons (Fsp3) is 0.286. The van der Waals surface area contributed by atoms with Gasteiger partial charge in [-0.1, -0.05) is 25.6 Å². The fourth-order valence-electron chi connectivity index (χ4n) is 6.41. The zero-order chi connectivity index (χ0) is 48.1. The Balaban J connectivity index is 0.000000261. The number of carbonyl (C=O) groups is 6. The van der Waals surface area contributed by atoms with Crippen LogP contribution in [0.4, 0.5) is 40.7 Å². The van der Waals surface area contributed by atoms with Gasteiger partial charge in [-0.3, -0.25) is 0 Å². The van der Waals surface area contributed by atoms with Gasteiger partial charge in [-0.2, -0.15) is 0 Å². The van der Waals surface area contributed by atoms with E-state index in [1.54, 1.807) is 0 Å². The molecule has 0 bridgehead atoms. The molecule has 24 heteroatoms. The van der Waals surface area contributed by atoms with E-state index in [1.165, 1.54) is 53.7 Å². The number of halogens is 6. The van der Waals surface area contributed by atoms with Crippen LogP contribution in [0.1, 0.15) is 42.2 Å². The molecular formula is C42H44F6N6O12. The van der Waals surface area contributed by atoms with Crippen LogP contribution in [-0.4, -0.2) is 96.5 Å². The third kappa shape index (κ3) is 12.9. The number of carboxylic acid groups (broad SMARTS) is 1. The van der Waals surface area contributed by atoms with Crippen molar-refractivity contribution in [2.75, 3.05) is 55.4 Å². The van der Waals surface area contributed by atoms with Crippen LogP contribution in [0.15, 0.2) is 88.4 Å². The quantitative estimate of drug-likeness (QED) is 0.0965. The summed E-state index contributed by atoms with van der Waals surface area (Å²) in [4.78, 5) is 70.4. The highest BCUT2D eigenvalue weighted by molar-refractivity contribution is 5.96. The van der Waals surface area contributed by atoms with Gasteiger partial charge in [-0.15, -0.1) is 0 Å². The Bertz CT molecular complexity index is 2340. The van der Waals surface area contributed by atoms with Gasteiger partial charge in [0.25, 0.3) is 0 Å². The maximum Gasteiger partial charge on any atom is 0.338 e. The van der Waals surface area contributed by atoms with Crippen molar-refractivity contribution in [1.82, 2.24) is 31.9 Å². The van der Waals surface area contributed by atoms with Crippen molar-refractivity contribution >= 4 is 36.0 Å². The molecule has 7 N–H and O–H groups in total. The lowest BCUT2D eigenvalue weighted by molar-refractivity contribution is -0.137. The van der Waals surface area contributed by atoms with Crippen molar-refractivity contribution < 1.29 is 83.9 Å². The molecule has 0 aromatic heterocycles. The number of carbonyl (C=O) groups excluding carboxylic acids is 5. The number of carboxylic acids is 1. The van der Waals surface area contributed by atoms with Gasteiger partial charge in [0.2, 0.25) is 0 Å². The molecule has 0 saturated carbocycles. The van der Waals surface area contributed by atoms with Crippen LogP contribution in [0.3, 0.4) is 0 Å². The summed E-state index contributed by atoms with van der Waals surface area (Å²) in [5.41, 5.74) is 0.941. The molecule has 1 unspecified atom stereocenters. The molecular weight excluding hydrogens is 894 g/mol. The van der Waals surface area contributed by atoms with E-state index < -0.39 is 89.0 Å². The van der Waals surface area contributed by atoms with Crippen molar-refractivity contribution in [3.05, 3.63) is 140 Å². The van der Waals surface area contributed by atoms with Gasteiger partial charge >= 0.3 is 36.0 Å². The Labute approximate surface area is 372 Å². The van der Waals surface area contributed by atoms with Gasteiger partial charge in [0.1, 0.15) is 0 Å². The molecule has 3 aliphatic heterocycles. The molecule has 6 amide bonds. The second-order valence-corrected chi connectivity index (χ2v) is 13.4. The summed E-state index contributed by atoms with van der Waals surface area (Å²) in [7, 11) is 6.48. The first kappa shape index (κ1) is 52.9. The van der Waals surface area contributed by atoms with Gasteiger partial charge in [0, 0.05) is 21.3 Å². The standard InChI is InChI=1S/2C14H14F2N2O4.C13H12F2N2O4.CH4/c2*1-21-6-10-11(13(19)22-2)12(18-14(20)17-10)7-3-4-8(15)9(16)5-7;1-21-5-9-10(12(18)19)11(17-13(20)16-9)6-2-3-7(14)8(15)4-6;/h2*3-5,12H,6H2,1-2H3,(H2,17,18,20);2-4,11H,5H2,1H3,(H,18,19)(H2,16,17,20);1H4/t12-;;11-;/m0.1./s1. The highest BCUT2D eigenvalue weighted by Crippen LogP contribution is 2.31. The van der Waals surface area contributed by atoms with Crippen molar-refractivity contribution in [2.24, 2.45) is 0 Å². The Morgan fingerprint density at radius 2 is 0.758 bits per heavy atom. The molecule has 3 aromatic rings. The number of esters is 2. The van der Waals surface area contributed by atoms with Crippen LogP contribution in [0.5, 0.6) is 0 Å². The minimum Gasteiger partial charge on any atom is -0.478 e. The third-order valence-electron chi connectivity index (χ3n) is 9.20. The molecule has 0 radical (unpaired) electrons. The summed E-state index contributed by atoms with van der Waals surface area (Å²) >= 11 is 0. The van der Waals surface area contributed by atoms with E-state index in [4.69, 9.17) is 23.7 Å². The van der Waals surface area contributed by atoms with Crippen LogP contribution in [0.25, 0.3) is 0 Å². The number of ether oxygens (including phenoxy) is 5. The topological polar surface area (TPSA) is 241 Å². The second-order valence-electron chi connectivity index (χ2n) is 13.4. The number of methoxy groups -OCH3 is 5. The van der Waals surface area contributed by atoms with E-state index in [9.17, 15) is 60.2 Å². The lowest BCUT2D eigenvalue weighted by Crippen LogP contribution is -2.46. The van der Waals surface area contributed by atoms with Crippen molar-refractivity contribution in [2.45, 2.75) is 25.6 Å². The Hall–Kier alpha value is -7.44. The maximum absolute atomic E-state index is 13.4. The Morgan fingerprint density at radius 1 is 0.485 bits per heavy atom. The molecule has 3 atom stereocenters. The average Bonchev–Trinajstić information content (AvgIpc) is 3.26. The van der Waals surface area contributed by atoms with Crippen LogP contribution in [0.2, 0.25) is 0 Å². The molecule has 6 rings (SSSR count). The number of amides is 6. The van der Waals surface area contributed by atoms with E-state index in [1.807, 2.05) is 0 Å². The van der Waals surface area contributed by atoms with E-state index in [-0.39, 0.29) is 77.7 Å². The summed E-state index contributed by atoms with van der Waals surface area (Å²) in [5.74, 6) is -9.12. The summed E-state index contributed by atoms with van der Waals surface area (Å²) in [6, 6.07) is 4.29. The summed E-state index contributed by atoms with van der Waals surface area (Å²) in [5, 5.41) is 23.8. The van der Waals surface area contributed by atoms with E-state index in [0.717, 1.165) is 36.4 Å². The largest absolute Gasteiger partial charge is 0.478 e. The first-order valence-electron chi connectivity index (χ1n) is 18.5. The van der Waals surface area contributed by atoms with Gasteiger partial charge in [-0.05, 0) is 53.1 Å². The Kier molecular flexibility index (Phi) is 19.3. The van der Waals surface area contributed by atoms with Gasteiger partial charge in [-0.25, -0.2) is 55.1 Å². The third-order valence-corrected chi connectivity index (χ3v) is 9.20. The van der Waals surface area contributed by atoms with Crippen molar-refractivity contribution in [3.8, 4) is 0 Å². The summed E-state index contributed by atoms with van der Waals surface area (Å²) < 4.78 is 103. The normalized spacial score (nSPS) is 17.7. The monoisotopic (exact) mass is 938 g/mol. The summed E-state index contributed by atoms with van der Waals surface area (Å²) in [6.45, 7) is -0.217. The van der Waals surface area contributed by atoms with Crippen LogP contribution in [0, 0.1) is 34.9 Å². The molecule has 66 heavy (non-hydrogen) atoms.